The second-order valence-corrected chi connectivity index (χ2v) is 7.58. The lowest BCUT2D eigenvalue weighted by atomic mass is 10.1. The topological polar surface area (TPSA) is 92.8 Å². The molecular weight excluding hydrogens is 374 g/mol. The van der Waals surface area contributed by atoms with E-state index in [4.69, 9.17) is 9.26 Å². The molecule has 1 aromatic carbocycles. The molecule has 2 aliphatic rings. The van der Waals surface area contributed by atoms with Gasteiger partial charge in [-0.1, -0.05) is 6.07 Å². The van der Waals surface area contributed by atoms with E-state index in [2.05, 4.69) is 37.9 Å². The SMILES string of the molecule is COC(=O)N1CCN(c2noc(-c3ccc4cnn(C5CN(C)C5)c4c3)n2)CC1. The molecule has 2 aliphatic heterocycles. The third-order valence-electron chi connectivity index (χ3n) is 5.65. The lowest BCUT2D eigenvalue weighted by Crippen LogP contribution is -2.49. The van der Waals surface area contributed by atoms with Gasteiger partial charge in [-0.25, -0.2) is 4.79 Å². The van der Waals surface area contributed by atoms with Gasteiger partial charge >= 0.3 is 6.09 Å². The van der Waals surface area contributed by atoms with Gasteiger partial charge in [0, 0.05) is 50.2 Å². The summed E-state index contributed by atoms with van der Waals surface area (Å²) < 4.78 is 12.4. The van der Waals surface area contributed by atoms with Crippen molar-refractivity contribution in [3.8, 4) is 11.5 Å². The van der Waals surface area contributed by atoms with Crippen LogP contribution in [0.3, 0.4) is 0 Å². The molecule has 0 unspecified atom stereocenters. The number of nitrogens with zero attached hydrogens (tertiary/aromatic N) is 7. The van der Waals surface area contributed by atoms with Gasteiger partial charge in [0.25, 0.3) is 11.8 Å². The zero-order valence-electron chi connectivity index (χ0n) is 16.5. The maximum atomic E-state index is 11.6. The van der Waals surface area contributed by atoms with E-state index in [-0.39, 0.29) is 6.09 Å². The minimum absolute atomic E-state index is 0.305. The van der Waals surface area contributed by atoms with Crippen molar-refractivity contribution in [2.45, 2.75) is 6.04 Å². The highest BCUT2D eigenvalue weighted by Gasteiger charge is 2.27. The van der Waals surface area contributed by atoms with E-state index < -0.39 is 0 Å². The van der Waals surface area contributed by atoms with Gasteiger partial charge in [-0.3, -0.25) is 4.68 Å². The summed E-state index contributed by atoms with van der Waals surface area (Å²) in [6, 6.07) is 6.48. The van der Waals surface area contributed by atoms with Crippen molar-refractivity contribution in [3.05, 3.63) is 24.4 Å². The first kappa shape index (κ1) is 17.9. The Bertz CT molecular complexity index is 1030. The average molecular weight is 397 g/mol. The summed E-state index contributed by atoms with van der Waals surface area (Å²) in [5.41, 5.74) is 1.95. The van der Waals surface area contributed by atoms with Crippen LogP contribution in [0.5, 0.6) is 0 Å². The number of piperazine rings is 1. The largest absolute Gasteiger partial charge is 0.453 e. The minimum atomic E-state index is -0.305. The zero-order chi connectivity index (χ0) is 20.0. The molecule has 4 heterocycles. The number of aromatic nitrogens is 4. The predicted molar refractivity (Wildman–Crippen MR) is 106 cm³/mol. The molecule has 10 nitrogen and oxygen atoms in total. The first-order valence-electron chi connectivity index (χ1n) is 9.70. The number of ether oxygens (including phenoxy) is 1. The van der Waals surface area contributed by atoms with Crippen LogP contribution < -0.4 is 4.90 Å². The number of hydrogen-bond acceptors (Lipinski definition) is 8. The summed E-state index contributed by atoms with van der Waals surface area (Å²) >= 11 is 0. The number of carbonyl (C=O) groups is 1. The molecule has 1 amide bonds. The maximum Gasteiger partial charge on any atom is 0.409 e. The Morgan fingerprint density at radius 2 is 2.00 bits per heavy atom. The van der Waals surface area contributed by atoms with E-state index >= 15 is 0 Å². The van der Waals surface area contributed by atoms with Crippen molar-refractivity contribution in [2.75, 3.05) is 58.3 Å². The van der Waals surface area contributed by atoms with Gasteiger partial charge in [-0.2, -0.15) is 10.1 Å². The smallest absolute Gasteiger partial charge is 0.409 e. The van der Waals surface area contributed by atoms with Crippen molar-refractivity contribution >= 4 is 22.9 Å². The number of amides is 1. The van der Waals surface area contributed by atoms with Crippen LogP contribution in [0.2, 0.25) is 0 Å². The molecule has 0 aliphatic carbocycles. The van der Waals surface area contributed by atoms with Crippen LogP contribution >= 0.6 is 0 Å². The molecule has 0 N–H and O–H groups in total. The van der Waals surface area contributed by atoms with Crippen LogP contribution in [-0.2, 0) is 4.74 Å². The first-order valence-corrected chi connectivity index (χ1v) is 9.70. The van der Waals surface area contributed by atoms with Gasteiger partial charge in [0.15, 0.2) is 0 Å². The summed E-state index contributed by atoms with van der Waals surface area (Å²) in [6.45, 7) is 4.41. The van der Waals surface area contributed by atoms with Crippen LogP contribution in [0.15, 0.2) is 28.9 Å². The summed E-state index contributed by atoms with van der Waals surface area (Å²) in [5.74, 6) is 1.02. The quantitative estimate of drug-likeness (QED) is 0.656. The van der Waals surface area contributed by atoms with Crippen molar-refractivity contribution < 1.29 is 14.1 Å². The molecule has 29 heavy (non-hydrogen) atoms. The second kappa shape index (κ2) is 7.03. The monoisotopic (exact) mass is 397 g/mol. The van der Waals surface area contributed by atoms with E-state index in [0.29, 0.717) is 44.1 Å². The Labute approximate surface area is 167 Å². The molecule has 0 saturated carbocycles. The Balaban J connectivity index is 1.35. The summed E-state index contributed by atoms with van der Waals surface area (Å²) in [4.78, 5) is 22.2. The fraction of sp³-hybridized carbons (Fsp3) is 0.474. The number of carbonyl (C=O) groups excluding carboxylic acids is 1. The number of fused-ring (bicyclic) bond motifs is 1. The lowest BCUT2D eigenvalue weighted by molar-refractivity contribution is 0.121. The molecule has 0 radical (unpaired) electrons. The highest BCUT2D eigenvalue weighted by molar-refractivity contribution is 5.83. The Morgan fingerprint density at radius 3 is 2.72 bits per heavy atom. The minimum Gasteiger partial charge on any atom is -0.453 e. The number of rotatable bonds is 3. The molecule has 2 aromatic heterocycles. The Hall–Kier alpha value is -3.14. The van der Waals surface area contributed by atoms with E-state index in [9.17, 15) is 4.79 Å². The molecule has 5 rings (SSSR count). The van der Waals surface area contributed by atoms with E-state index in [1.807, 2.05) is 23.2 Å². The average Bonchev–Trinajstić information content (AvgIpc) is 3.38. The van der Waals surface area contributed by atoms with Crippen molar-refractivity contribution in [2.24, 2.45) is 0 Å². The molecule has 10 heteroatoms. The fourth-order valence-electron chi connectivity index (χ4n) is 3.96. The third kappa shape index (κ3) is 3.19. The summed E-state index contributed by atoms with van der Waals surface area (Å²) in [7, 11) is 3.50. The van der Waals surface area contributed by atoms with Crippen molar-refractivity contribution in [1.29, 1.82) is 0 Å². The van der Waals surface area contributed by atoms with Gasteiger partial charge in [0.2, 0.25) is 0 Å². The van der Waals surface area contributed by atoms with E-state index in [0.717, 1.165) is 29.6 Å². The van der Waals surface area contributed by atoms with Crippen LogP contribution in [0.4, 0.5) is 10.7 Å². The fourth-order valence-corrected chi connectivity index (χ4v) is 3.96. The van der Waals surface area contributed by atoms with Gasteiger partial charge in [-0.15, -0.1) is 0 Å². The van der Waals surface area contributed by atoms with Gasteiger partial charge < -0.3 is 24.0 Å². The molecule has 152 valence electrons. The number of hydrogen-bond donors (Lipinski definition) is 0. The van der Waals surface area contributed by atoms with Gasteiger partial charge in [0.05, 0.1) is 24.9 Å². The Morgan fingerprint density at radius 1 is 1.21 bits per heavy atom. The number of likely N-dealkylation sites (N-methyl/N-ethyl adjacent to an activating group) is 1. The highest BCUT2D eigenvalue weighted by Crippen LogP contribution is 2.28. The summed E-state index contributed by atoms with van der Waals surface area (Å²) in [5, 5.41) is 9.81. The normalized spacial score (nSPS) is 18.3. The Kier molecular flexibility index (Phi) is 4.35. The number of likely N-dealkylation sites (tertiary alicyclic amines) is 1. The number of anilines is 1. The third-order valence-corrected chi connectivity index (χ3v) is 5.65. The van der Waals surface area contributed by atoms with Gasteiger partial charge in [-0.05, 0) is 24.3 Å². The van der Waals surface area contributed by atoms with E-state index in [1.165, 1.54) is 7.11 Å². The molecule has 2 saturated heterocycles. The molecule has 2 fully saturated rings. The number of methoxy groups -OCH3 is 1. The maximum absolute atomic E-state index is 11.6. The van der Waals surface area contributed by atoms with Crippen LogP contribution in [-0.4, -0.2) is 89.2 Å². The second-order valence-electron chi connectivity index (χ2n) is 7.58. The lowest BCUT2D eigenvalue weighted by Gasteiger charge is -2.36. The molecule has 3 aromatic rings. The standard InChI is InChI=1S/C19H23N7O3/c1-23-11-15(12-23)26-16-9-13(3-4-14(16)10-20-26)17-21-18(22-29-17)24-5-7-25(8-6-24)19(27)28-2/h3-4,9-10,15H,5-8,11-12H2,1-2H3. The summed E-state index contributed by atoms with van der Waals surface area (Å²) in [6.07, 6.45) is 1.60. The van der Waals surface area contributed by atoms with Crippen molar-refractivity contribution in [1.82, 2.24) is 29.7 Å². The van der Waals surface area contributed by atoms with Gasteiger partial charge in [0.1, 0.15) is 0 Å². The van der Waals surface area contributed by atoms with Crippen LogP contribution in [0, 0.1) is 0 Å². The van der Waals surface area contributed by atoms with Crippen LogP contribution in [0.25, 0.3) is 22.4 Å². The van der Waals surface area contributed by atoms with Crippen LogP contribution in [0.1, 0.15) is 6.04 Å². The van der Waals surface area contributed by atoms with Crippen molar-refractivity contribution in [3.63, 3.8) is 0 Å². The molecular formula is C19H23N7O3. The molecule has 0 bridgehead atoms. The first-order chi connectivity index (χ1) is 14.1. The zero-order valence-corrected chi connectivity index (χ0v) is 16.5. The highest BCUT2D eigenvalue weighted by atomic mass is 16.5. The van der Waals surface area contributed by atoms with E-state index in [1.54, 1.807) is 4.90 Å². The molecule has 0 spiro atoms. The molecule has 0 atom stereocenters. The predicted octanol–water partition coefficient (Wildman–Crippen LogP) is 1.46. The number of benzene rings is 1.